The van der Waals surface area contributed by atoms with Gasteiger partial charge in [0.2, 0.25) is 0 Å². The van der Waals surface area contributed by atoms with Crippen molar-refractivity contribution in [2.75, 3.05) is 6.61 Å². The molecule has 0 bridgehead atoms. The van der Waals surface area contributed by atoms with Crippen LogP contribution in [0.3, 0.4) is 0 Å². The van der Waals surface area contributed by atoms with E-state index in [2.05, 4.69) is 34.6 Å². The van der Waals surface area contributed by atoms with Crippen molar-refractivity contribution in [3.05, 3.63) is 0 Å². The van der Waals surface area contributed by atoms with Gasteiger partial charge >= 0.3 is 5.97 Å². The monoisotopic (exact) mass is 480 g/mol. The summed E-state index contributed by atoms with van der Waals surface area (Å²) in [5, 5.41) is 42.9. The van der Waals surface area contributed by atoms with Crippen LogP contribution in [-0.2, 0) is 9.53 Å². The number of carbonyl (C=O) groups excluding carboxylic acids is 1. The van der Waals surface area contributed by atoms with Crippen LogP contribution in [0.1, 0.15) is 80.1 Å². The Morgan fingerprint density at radius 2 is 1.56 bits per heavy atom. The van der Waals surface area contributed by atoms with Gasteiger partial charge in [-0.2, -0.15) is 0 Å². The Balaban J connectivity index is 1.58. The number of hydrogen-bond donors (Lipinski definition) is 4. The summed E-state index contributed by atoms with van der Waals surface area (Å²) in [5.41, 5.74) is -0.345. The lowest BCUT2D eigenvalue weighted by Gasteiger charge is -2.56. The molecule has 1 aliphatic heterocycles. The molecule has 0 aromatic carbocycles. The van der Waals surface area contributed by atoms with Crippen LogP contribution in [0.2, 0.25) is 0 Å². The van der Waals surface area contributed by atoms with E-state index in [-0.39, 0.29) is 52.8 Å². The molecule has 4 fully saturated rings. The van der Waals surface area contributed by atoms with Crippen molar-refractivity contribution in [2.45, 2.75) is 104 Å². The standard InChI is InChI=1S/C28H48O6/c1-14(2)15(3)24(31)25(32)16(4)18-7-8-19-17-13-34-26(33)21-11-22(29)23(30)12-28(21,6)20(17)9-10-27(18,19)5/h14-25,29-32H,7-13H2,1-6H3/t15-,16-,17-,18+,19-,20-,21?,22-,23+,24+,25+,27+,28+/m0/s1. The Labute approximate surface area is 205 Å². The molecule has 6 heteroatoms. The van der Waals surface area contributed by atoms with Crippen molar-refractivity contribution in [1.82, 2.24) is 0 Å². The molecule has 6 nitrogen and oxygen atoms in total. The summed E-state index contributed by atoms with van der Waals surface area (Å²) < 4.78 is 5.86. The maximum Gasteiger partial charge on any atom is 0.309 e. The molecule has 1 saturated heterocycles. The quantitative estimate of drug-likeness (QED) is 0.450. The lowest BCUT2D eigenvalue weighted by atomic mass is 9.48. The van der Waals surface area contributed by atoms with Crippen LogP contribution in [0.25, 0.3) is 0 Å². The predicted octanol–water partition coefficient (Wildman–Crippen LogP) is 3.39. The fraction of sp³-hybridized carbons (Fsp3) is 0.964. The molecule has 3 saturated carbocycles. The van der Waals surface area contributed by atoms with Crippen LogP contribution in [0.15, 0.2) is 0 Å². The average molecular weight is 481 g/mol. The average Bonchev–Trinajstić information content (AvgIpc) is 3.09. The van der Waals surface area contributed by atoms with Crippen molar-refractivity contribution in [2.24, 2.45) is 58.2 Å². The van der Waals surface area contributed by atoms with E-state index < -0.39 is 24.4 Å². The summed E-state index contributed by atoms with van der Waals surface area (Å²) in [7, 11) is 0. The number of ether oxygens (including phenoxy) is 1. The second kappa shape index (κ2) is 9.32. The highest BCUT2D eigenvalue weighted by atomic mass is 16.5. The second-order valence-corrected chi connectivity index (χ2v) is 13.3. The highest BCUT2D eigenvalue weighted by molar-refractivity contribution is 5.74. The first kappa shape index (κ1) is 26.4. The maximum atomic E-state index is 13.0. The fourth-order valence-corrected chi connectivity index (χ4v) is 8.95. The van der Waals surface area contributed by atoms with Crippen LogP contribution >= 0.6 is 0 Å². The van der Waals surface area contributed by atoms with E-state index in [0.717, 1.165) is 25.7 Å². The summed E-state index contributed by atoms with van der Waals surface area (Å²) >= 11 is 0. The van der Waals surface area contributed by atoms with Gasteiger partial charge in [0.15, 0.2) is 0 Å². The van der Waals surface area contributed by atoms with Gasteiger partial charge in [0.25, 0.3) is 0 Å². The lowest BCUT2D eigenvalue weighted by Crippen LogP contribution is -2.55. The van der Waals surface area contributed by atoms with E-state index in [9.17, 15) is 25.2 Å². The topological polar surface area (TPSA) is 107 Å². The summed E-state index contributed by atoms with van der Waals surface area (Å²) in [4.78, 5) is 13.0. The molecule has 196 valence electrons. The molecule has 13 atom stereocenters. The van der Waals surface area contributed by atoms with Crippen molar-refractivity contribution < 1.29 is 30.0 Å². The van der Waals surface area contributed by atoms with Gasteiger partial charge in [-0.1, -0.05) is 41.5 Å². The zero-order valence-corrected chi connectivity index (χ0v) is 22.0. The Morgan fingerprint density at radius 1 is 0.912 bits per heavy atom. The maximum absolute atomic E-state index is 13.0. The smallest absolute Gasteiger partial charge is 0.309 e. The number of carbonyl (C=O) groups is 1. The number of hydrogen-bond acceptors (Lipinski definition) is 6. The third-order valence-corrected chi connectivity index (χ3v) is 11.5. The minimum Gasteiger partial charge on any atom is -0.465 e. The lowest BCUT2D eigenvalue weighted by molar-refractivity contribution is -0.162. The van der Waals surface area contributed by atoms with Crippen molar-refractivity contribution in [3.63, 3.8) is 0 Å². The minimum absolute atomic E-state index is 0.00827. The van der Waals surface area contributed by atoms with Crippen LogP contribution in [-0.4, -0.2) is 57.4 Å². The van der Waals surface area contributed by atoms with Gasteiger partial charge in [-0.05, 0) is 90.8 Å². The molecular formula is C28H48O6. The Bertz CT molecular complexity index is 755. The molecule has 0 spiro atoms. The fourth-order valence-electron chi connectivity index (χ4n) is 8.95. The molecule has 0 amide bonds. The number of fused-ring (bicyclic) bond motifs is 5. The van der Waals surface area contributed by atoms with Crippen molar-refractivity contribution in [1.29, 1.82) is 0 Å². The van der Waals surface area contributed by atoms with Crippen LogP contribution in [0, 0.1) is 58.2 Å². The summed E-state index contributed by atoms with van der Waals surface area (Å²) in [6, 6.07) is 0. The molecule has 1 unspecified atom stereocenters. The first-order valence-electron chi connectivity index (χ1n) is 13.7. The van der Waals surface area contributed by atoms with E-state index in [1.165, 1.54) is 0 Å². The molecule has 3 aliphatic carbocycles. The molecule has 1 heterocycles. The van der Waals surface area contributed by atoms with E-state index in [4.69, 9.17) is 4.74 Å². The number of aliphatic hydroxyl groups is 4. The highest BCUT2D eigenvalue weighted by Crippen LogP contribution is 2.66. The minimum atomic E-state index is -0.867. The number of esters is 1. The first-order valence-corrected chi connectivity index (χ1v) is 13.7. The summed E-state index contributed by atoms with van der Waals surface area (Å²) in [6.45, 7) is 13.2. The molecular weight excluding hydrogens is 432 g/mol. The SMILES string of the molecule is CC(C)[C@H](C)[C@@H](O)[C@H](O)[C@@H](C)[C@H]1CC[C@H]2[C@@H]3COC(=O)C4C[C@H](O)[C@H](O)C[C@]4(C)[C@H]3CC[C@]12C. The Morgan fingerprint density at radius 3 is 2.21 bits per heavy atom. The Hall–Kier alpha value is -0.690. The number of aliphatic hydroxyl groups excluding tert-OH is 4. The van der Waals surface area contributed by atoms with Gasteiger partial charge in [0.1, 0.15) is 0 Å². The van der Waals surface area contributed by atoms with Gasteiger partial charge < -0.3 is 25.2 Å². The van der Waals surface area contributed by atoms with E-state index >= 15 is 0 Å². The zero-order valence-electron chi connectivity index (χ0n) is 22.0. The summed E-state index contributed by atoms with van der Waals surface area (Å²) in [6.07, 6.45) is 1.61. The van der Waals surface area contributed by atoms with Gasteiger partial charge in [-0.15, -0.1) is 0 Å². The van der Waals surface area contributed by atoms with Gasteiger partial charge in [-0.3, -0.25) is 4.79 Å². The molecule has 4 aliphatic rings. The molecule has 0 aromatic heterocycles. The van der Waals surface area contributed by atoms with E-state index in [1.807, 2.05) is 6.92 Å². The largest absolute Gasteiger partial charge is 0.465 e. The Kier molecular flexibility index (Phi) is 7.23. The highest BCUT2D eigenvalue weighted by Gasteiger charge is 2.63. The van der Waals surface area contributed by atoms with Gasteiger partial charge in [-0.25, -0.2) is 0 Å². The molecule has 4 N–H and O–H groups in total. The molecule has 4 rings (SSSR count). The summed E-state index contributed by atoms with van der Waals surface area (Å²) in [5.74, 6) is 0.948. The molecule has 34 heavy (non-hydrogen) atoms. The van der Waals surface area contributed by atoms with E-state index in [0.29, 0.717) is 30.8 Å². The zero-order chi connectivity index (χ0) is 25.2. The van der Waals surface area contributed by atoms with Crippen LogP contribution in [0.4, 0.5) is 0 Å². The van der Waals surface area contributed by atoms with Crippen LogP contribution in [0.5, 0.6) is 0 Å². The third-order valence-electron chi connectivity index (χ3n) is 11.5. The van der Waals surface area contributed by atoms with Gasteiger partial charge in [0, 0.05) is 0 Å². The van der Waals surface area contributed by atoms with E-state index in [1.54, 1.807) is 0 Å². The van der Waals surface area contributed by atoms with Crippen molar-refractivity contribution in [3.8, 4) is 0 Å². The van der Waals surface area contributed by atoms with Crippen molar-refractivity contribution >= 4 is 5.97 Å². The van der Waals surface area contributed by atoms with Gasteiger partial charge in [0.05, 0.1) is 36.9 Å². The third kappa shape index (κ3) is 4.05. The second-order valence-electron chi connectivity index (χ2n) is 13.3. The number of cyclic esters (lactones) is 1. The first-order chi connectivity index (χ1) is 15.8. The predicted molar refractivity (Wildman–Crippen MR) is 130 cm³/mol. The molecule has 0 aromatic rings. The molecule has 0 radical (unpaired) electrons. The van der Waals surface area contributed by atoms with Crippen LogP contribution < -0.4 is 0 Å². The normalized spacial score (nSPS) is 48.1. The number of rotatable bonds is 5.